The van der Waals surface area contributed by atoms with Crippen LogP contribution in [0.2, 0.25) is 0 Å². The maximum Gasteiger partial charge on any atom is 0.254 e. The number of rotatable bonds is 7. The van der Waals surface area contributed by atoms with Gasteiger partial charge in [0, 0.05) is 25.0 Å². The third kappa shape index (κ3) is 3.51. The monoisotopic (exact) mass is 388 g/mol. The summed E-state index contributed by atoms with van der Waals surface area (Å²) < 4.78 is 26.9. The van der Waals surface area contributed by atoms with Crippen molar-refractivity contribution >= 4 is 27.4 Å². The topological polar surface area (TPSA) is 134 Å². The molecule has 0 aliphatic carbocycles. The predicted octanol–water partition coefficient (Wildman–Crippen LogP) is 1.000. The molecule has 10 heteroatoms. The van der Waals surface area contributed by atoms with E-state index in [0.717, 1.165) is 5.69 Å². The Bertz CT molecular complexity index is 987. The van der Waals surface area contributed by atoms with Gasteiger partial charge in [-0.1, -0.05) is 18.2 Å². The second-order valence-corrected chi connectivity index (χ2v) is 8.68. The third-order valence-corrected chi connectivity index (χ3v) is 6.38. The molecule has 0 spiro atoms. The zero-order chi connectivity index (χ0) is 19.7. The van der Waals surface area contributed by atoms with Gasteiger partial charge in [-0.25, -0.2) is 8.42 Å². The van der Waals surface area contributed by atoms with Gasteiger partial charge in [-0.3, -0.25) is 9.48 Å². The van der Waals surface area contributed by atoms with Crippen LogP contribution in [0.3, 0.4) is 0 Å². The zero-order valence-electron chi connectivity index (χ0n) is 14.8. The number of hydrogen-bond donors (Lipinski definition) is 2. The molecule has 0 radical (unpaired) electrons. The second-order valence-electron chi connectivity index (χ2n) is 6.42. The first-order chi connectivity index (χ1) is 12.8. The Morgan fingerprint density at radius 2 is 2.04 bits per heavy atom. The minimum Gasteiger partial charge on any atom is -0.365 e. The number of primary amides is 1. The fourth-order valence-electron chi connectivity index (χ4n) is 3.02. The SMILES string of the molecule is CCS(=O)(=O)N1CC(CC#N)(n2cc(C(N)=O)c(Nc3ccccc3)n2)C1. The van der Waals surface area contributed by atoms with Crippen LogP contribution in [0.4, 0.5) is 11.5 Å². The van der Waals surface area contributed by atoms with E-state index in [2.05, 4.69) is 16.5 Å². The number of carbonyl (C=O) groups is 1. The fourth-order valence-corrected chi connectivity index (χ4v) is 4.26. The van der Waals surface area contributed by atoms with E-state index in [0.29, 0.717) is 0 Å². The molecule has 2 aromatic rings. The quantitative estimate of drug-likeness (QED) is 0.727. The lowest BCUT2D eigenvalue weighted by atomic mass is 9.89. The van der Waals surface area contributed by atoms with E-state index in [4.69, 9.17) is 5.73 Å². The summed E-state index contributed by atoms with van der Waals surface area (Å²) in [5.74, 6) is -0.408. The predicted molar refractivity (Wildman–Crippen MR) is 99.7 cm³/mol. The van der Waals surface area contributed by atoms with Crippen molar-refractivity contribution in [2.24, 2.45) is 5.73 Å². The standard InChI is InChI=1S/C17H20N6O3S/c1-2-27(25,26)22-11-17(12-22,8-9-18)23-10-14(15(19)24)16(21-23)20-13-6-4-3-5-7-13/h3-7,10H,2,8,11-12H2,1H3,(H2,19,24)(H,20,21). The molecule has 1 saturated heterocycles. The number of anilines is 2. The summed E-state index contributed by atoms with van der Waals surface area (Å²) in [6.07, 6.45) is 1.54. The lowest BCUT2D eigenvalue weighted by molar-refractivity contribution is 0.0719. The highest BCUT2D eigenvalue weighted by Gasteiger charge is 2.50. The van der Waals surface area contributed by atoms with E-state index in [1.807, 2.05) is 30.3 Å². The molecule has 1 amide bonds. The van der Waals surface area contributed by atoms with Crippen LogP contribution in [-0.4, -0.2) is 47.3 Å². The Kier molecular flexibility index (Phi) is 4.91. The van der Waals surface area contributed by atoms with Gasteiger partial charge in [0.05, 0.1) is 18.2 Å². The first-order valence-electron chi connectivity index (χ1n) is 8.38. The summed E-state index contributed by atoms with van der Waals surface area (Å²) in [5.41, 5.74) is 5.55. The summed E-state index contributed by atoms with van der Waals surface area (Å²) >= 11 is 0. The molecule has 0 unspecified atom stereocenters. The molecular weight excluding hydrogens is 368 g/mol. The molecule has 142 valence electrons. The van der Waals surface area contributed by atoms with E-state index in [-0.39, 0.29) is 36.6 Å². The number of hydrogen-bond acceptors (Lipinski definition) is 6. The van der Waals surface area contributed by atoms with Crippen molar-refractivity contribution in [3.63, 3.8) is 0 Å². The van der Waals surface area contributed by atoms with Crippen LogP contribution in [0, 0.1) is 11.3 Å². The van der Waals surface area contributed by atoms with Crippen molar-refractivity contribution in [1.82, 2.24) is 14.1 Å². The number of para-hydroxylation sites is 1. The van der Waals surface area contributed by atoms with Crippen LogP contribution in [0.15, 0.2) is 36.5 Å². The van der Waals surface area contributed by atoms with Gasteiger partial charge in [-0.2, -0.15) is 14.7 Å². The summed E-state index contributed by atoms with van der Waals surface area (Å²) in [7, 11) is -3.35. The maximum absolute atomic E-state index is 12.1. The summed E-state index contributed by atoms with van der Waals surface area (Å²) in [4.78, 5) is 11.8. The zero-order valence-corrected chi connectivity index (χ0v) is 15.6. The fraction of sp³-hybridized carbons (Fsp3) is 0.353. The molecule has 0 atom stereocenters. The van der Waals surface area contributed by atoms with Gasteiger partial charge in [0.1, 0.15) is 11.1 Å². The van der Waals surface area contributed by atoms with Crippen LogP contribution < -0.4 is 11.1 Å². The molecule has 1 aromatic carbocycles. The Balaban J connectivity index is 1.94. The van der Waals surface area contributed by atoms with E-state index < -0.39 is 21.5 Å². The number of nitrogens with one attached hydrogen (secondary N) is 1. The number of nitrogens with two attached hydrogens (primary N) is 1. The van der Waals surface area contributed by atoms with Gasteiger partial charge in [-0.05, 0) is 19.1 Å². The molecule has 1 aliphatic heterocycles. The molecule has 3 N–H and O–H groups in total. The van der Waals surface area contributed by atoms with Crippen LogP contribution >= 0.6 is 0 Å². The van der Waals surface area contributed by atoms with Gasteiger partial charge in [0.2, 0.25) is 10.0 Å². The van der Waals surface area contributed by atoms with Gasteiger partial charge < -0.3 is 11.1 Å². The van der Waals surface area contributed by atoms with E-state index in [1.165, 1.54) is 15.2 Å². The largest absolute Gasteiger partial charge is 0.365 e. The summed E-state index contributed by atoms with van der Waals surface area (Å²) in [6, 6.07) is 11.2. The smallest absolute Gasteiger partial charge is 0.254 e. The molecule has 0 saturated carbocycles. The average molecular weight is 388 g/mol. The average Bonchev–Trinajstić information content (AvgIpc) is 3.02. The van der Waals surface area contributed by atoms with Crippen LogP contribution in [-0.2, 0) is 15.6 Å². The highest BCUT2D eigenvalue weighted by atomic mass is 32.2. The number of aromatic nitrogens is 2. The molecule has 0 bridgehead atoms. The molecule has 1 aromatic heterocycles. The third-order valence-electron chi connectivity index (χ3n) is 4.61. The Morgan fingerprint density at radius 1 is 1.37 bits per heavy atom. The van der Waals surface area contributed by atoms with Crippen LogP contribution in [0.5, 0.6) is 0 Å². The first kappa shape index (κ1) is 18.9. The van der Waals surface area contributed by atoms with Gasteiger partial charge >= 0.3 is 0 Å². The molecular formula is C17H20N6O3S. The van der Waals surface area contributed by atoms with Crippen molar-refractivity contribution in [2.45, 2.75) is 18.9 Å². The number of amides is 1. The molecule has 1 fully saturated rings. The normalized spacial score (nSPS) is 16.3. The van der Waals surface area contributed by atoms with Gasteiger partial charge in [0.25, 0.3) is 5.91 Å². The Hall–Kier alpha value is -2.90. The number of carbonyl (C=O) groups excluding carboxylic acids is 1. The highest BCUT2D eigenvalue weighted by molar-refractivity contribution is 7.89. The van der Waals surface area contributed by atoms with Crippen molar-refractivity contribution in [2.75, 3.05) is 24.2 Å². The minimum absolute atomic E-state index is 0.0118. The van der Waals surface area contributed by atoms with Crippen LogP contribution in [0.25, 0.3) is 0 Å². The Labute approximate surface area is 157 Å². The molecule has 1 aliphatic rings. The lowest BCUT2D eigenvalue weighted by Gasteiger charge is -2.47. The number of nitriles is 1. The molecule has 3 rings (SSSR count). The van der Waals surface area contributed by atoms with Crippen molar-refractivity contribution in [3.8, 4) is 6.07 Å². The van der Waals surface area contributed by atoms with Gasteiger partial charge in [-0.15, -0.1) is 0 Å². The summed E-state index contributed by atoms with van der Waals surface area (Å²) in [6.45, 7) is 1.82. The lowest BCUT2D eigenvalue weighted by Crippen LogP contribution is -2.64. The number of sulfonamides is 1. The number of nitrogens with zero attached hydrogens (tertiary/aromatic N) is 4. The summed E-state index contributed by atoms with van der Waals surface area (Å²) in [5, 5.41) is 16.7. The van der Waals surface area contributed by atoms with Crippen molar-refractivity contribution < 1.29 is 13.2 Å². The molecule has 9 nitrogen and oxygen atoms in total. The van der Waals surface area contributed by atoms with E-state index in [1.54, 1.807) is 6.92 Å². The maximum atomic E-state index is 12.1. The van der Waals surface area contributed by atoms with Gasteiger partial charge in [0.15, 0.2) is 5.82 Å². The van der Waals surface area contributed by atoms with E-state index >= 15 is 0 Å². The van der Waals surface area contributed by atoms with Crippen LogP contribution in [0.1, 0.15) is 23.7 Å². The van der Waals surface area contributed by atoms with Crippen molar-refractivity contribution in [3.05, 3.63) is 42.1 Å². The highest BCUT2D eigenvalue weighted by Crippen LogP contribution is 2.35. The number of benzene rings is 1. The molecule has 27 heavy (non-hydrogen) atoms. The van der Waals surface area contributed by atoms with Crippen molar-refractivity contribution in [1.29, 1.82) is 5.26 Å². The Morgan fingerprint density at radius 3 is 2.59 bits per heavy atom. The second kappa shape index (κ2) is 7.02. The minimum atomic E-state index is -3.35. The van der Waals surface area contributed by atoms with E-state index in [9.17, 15) is 18.5 Å². The molecule has 2 heterocycles. The first-order valence-corrected chi connectivity index (χ1v) is 9.99.